The van der Waals surface area contributed by atoms with Crippen molar-refractivity contribution in [1.29, 1.82) is 0 Å². The highest BCUT2D eigenvalue weighted by molar-refractivity contribution is 5.98. The van der Waals surface area contributed by atoms with Gasteiger partial charge in [0.05, 0.1) is 5.56 Å². The van der Waals surface area contributed by atoms with E-state index in [0.29, 0.717) is 24.7 Å². The number of hydrogen-bond acceptors (Lipinski definition) is 3. The Morgan fingerprint density at radius 2 is 1.95 bits per heavy atom. The number of carbonyl (C=O) groups is 2. The van der Waals surface area contributed by atoms with Crippen LogP contribution in [0.5, 0.6) is 0 Å². The fourth-order valence-electron chi connectivity index (χ4n) is 3.20. The van der Waals surface area contributed by atoms with Gasteiger partial charge < -0.3 is 15.3 Å². The molecule has 0 bridgehead atoms. The fourth-order valence-corrected chi connectivity index (χ4v) is 3.20. The molecule has 0 spiro atoms. The van der Waals surface area contributed by atoms with E-state index in [1.54, 1.807) is 17.0 Å². The zero-order valence-electron chi connectivity index (χ0n) is 12.0. The van der Waals surface area contributed by atoms with Crippen molar-refractivity contribution in [2.45, 2.75) is 44.6 Å². The quantitative estimate of drug-likeness (QED) is 0.893. The molecule has 2 fully saturated rings. The van der Waals surface area contributed by atoms with E-state index in [0.717, 1.165) is 24.9 Å². The Kier molecular flexibility index (Phi) is 3.82. The molecular weight excluding hydrogens is 268 g/mol. The number of hydrogen-bond donors (Lipinski definition) is 2. The van der Waals surface area contributed by atoms with Gasteiger partial charge in [0.25, 0.3) is 0 Å². The van der Waals surface area contributed by atoms with E-state index in [2.05, 4.69) is 5.32 Å². The van der Waals surface area contributed by atoms with Crippen LogP contribution in [-0.4, -0.2) is 29.6 Å². The highest BCUT2D eigenvalue weighted by Crippen LogP contribution is 2.29. The molecule has 5 heteroatoms. The zero-order chi connectivity index (χ0) is 14.8. The van der Waals surface area contributed by atoms with Gasteiger partial charge in [0.2, 0.25) is 5.91 Å². The highest BCUT2D eigenvalue weighted by Gasteiger charge is 2.23. The third kappa shape index (κ3) is 3.01. The van der Waals surface area contributed by atoms with Crippen LogP contribution >= 0.6 is 0 Å². The van der Waals surface area contributed by atoms with E-state index in [1.165, 1.54) is 12.8 Å². The molecule has 1 heterocycles. The molecule has 3 rings (SSSR count). The van der Waals surface area contributed by atoms with Crippen LogP contribution in [0.15, 0.2) is 18.2 Å². The molecule has 1 aliphatic heterocycles. The van der Waals surface area contributed by atoms with Crippen LogP contribution < -0.4 is 10.2 Å². The van der Waals surface area contributed by atoms with E-state index in [4.69, 9.17) is 0 Å². The first-order valence-corrected chi connectivity index (χ1v) is 7.59. The van der Waals surface area contributed by atoms with E-state index in [-0.39, 0.29) is 11.5 Å². The van der Waals surface area contributed by atoms with Crippen molar-refractivity contribution in [3.8, 4) is 0 Å². The molecule has 1 aromatic rings. The summed E-state index contributed by atoms with van der Waals surface area (Å²) in [6, 6.07) is 5.56. The standard InChI is InChI=1S/C16H20N2O3/c19-15-6-3-7-18(15)14-9-11(16(20)21)8-13(10-14)17-12-4-1-2-5-12/h8-10,12,17H,1-7H2,(H,20,21). The highest BCUT2D eigenvalue weighted by atomic mass is 16.4. The monoisotopic (exact) mass is 288 g/mol. The topological polar surface area (TPSA) is 69.6 Å². The summed E-state index contributed by atoms with van der Waals surface area (Å²) in [6.07, 6.45) is 6.05. The number of benzene rings is 1. The second kappa shape index (κ2) is 5.76. The average Bonchev–Trinajstić information content (AvgIpc) is 3.10. The van der Waals surface area contributed by atoms with Crippen LogP contribution in [-0.2, 0) is 4.79 Å². The lowest BCUT2D eigenvalue weighted by molar-refractivity contribution is -0.117. The molecule has 1 aliphatic carbocycles. The van der Waals surface area contributed by atoms with Gasteiger partial charge >= 0.3 is 5.97 Å². The SMILES string of the molecule is O=C(O)c1cc(NC2CCCC2)cc(N2CCCC2=O)c1. The van der Waals surface area contributed by atoms with Crippen molar-refractivity contribution in [2.75, 3.05) is 16.8 Å². The van der Waals surface area contributed by atoms with Gasteiger partial charge in [-0.1, -0.05) is 12.8 Å². The predicted molar refractivity (Wildman–Crippen MR) is 80.9 cm³/mol. The average molecular weight is 288 g/mol. The predicted octanol–water partition coefficient (Wildman–Crippen LogP) is 2.87. The number of carboxylic acids is 1. The third-order valence-corrected chi connectivity index (χ3v) is 4.28. The lowest BCUT2D eigenvalue weighted by Gasteiger charge is -2.20. The summed E-state index contributed by atoms with van der Waals surface area (Å²) in [4.78, 5) is 24.9. The maximum Gasteiger partial charge on any atom is 0.335 e. The van der Waals surface area contributed by atoms with E-state index >= 15 is 0 Å². The Morgan fingerprint density at radius 3 is 2.57 bits per heavy atom. The first-order valence-electron chi connectivity index (χ1n) is 7.59. The zero-order valence-corrected chi connectivity index (χ0v) is 12.0. The molecular formula is C16H20N2O3. The normalized spacial score (nSPS) is 19.2. The van der Waals surface area contributed by atoms with Gasteiger partial charge in [0.15, 0.2) is 0 Å². The first kappa shape index (κ1) is 13.9. The number of carboxylic acid groups (broad SMARTS) is 1. The first-order chi connectivity index (χ1) is 10.1. The number of nitrogens with one attached hydrogen (secondary N) is 1. The second-order valence-electron chi connectivity index (χ2n) is 5.85. The second-order valence-corrected chi connectivity index (χ2v) is 5.85. The Balaban J connectivity index is 1.89. The van der Waals surface area contributed by atoms with E-state index in [9.17, 15) is 14.7 Å². The van der Waals surface area contributed by atoms with E-state index in [1.807, 2.05) is 6.07 Å². The van der Waals surface area contributed by atoms with Crippen molar-refractivity contribution in [2.24, 2.45) is 0 Å². The molecule has 0 unspecified atom stereocenters. The summed E-state index contributed by atoms with van der Waals surface area (Å²) >= 11 is 0. The van der Waals surface area contributed by atoms with Crippen molar-refractivity contribution in [1.82, 2.24) is 0 Å². The molecule has 2 N–H and O–H groups in total. The lowest BCUT2D eigenvalue weighted by Crippen LogP contribution is -2.24. The van der Waals surface area contributed by atoms with Crippen molar-refractivity contribution < 1.29 is 14.7 Å². The molecule has 0 atom stereocenters. The molecule has 1 saturated carbocycles. The number of nitrogens with zero attached hydrogens (tertiary/aromatic N) is 1. The summed E-state index contributed by atoms with van der Waals surface area (Å²) < 4.78 is 0. The summed E-state index contributed by atoms with van der Waals surface area (Å²) in [7, 11) is 0. The third-order valence-electron chi connectivity index (χ3n) is 4.28. The number of anilines is 2. The molecule has 0 aromatic heterocycles. The Labute approximate surface area is 123 Å². The van der Waals surface area contributed by atoms with Gasteiger partial charge in [-0.2, -0.15) is 0 Å². The summed E-state index contributed by atoms with van der Waals surface area (Å²) in [6.45, 7) is 0.671. The van der Waals surface area contributed by atoms with Gasteiger partial charge in [-0.05, 0) is 37.5 Å². The summed E-state index contributed by atoms with van der Waals surface area (Å²) in [5.74, 6) is -0.887. The van der Waals surface area contributed by atoms with Crippen LogP contribution in [0.3, 0.4) is 0 Å². The van der Waals surface area contributed by atoms with Gasteiger partial charge in [-0.15, -0.1) is 0 Å². The molecule has 1 amide bonds. The minimum Gasteiger partial charge on any atom is -0.478 e. The van der Waals surface area contributed by atoms with Crippen LogP contribution in [0, 0.1) is 0 Å². The van der Waals surface area contributed by atoms with Crippen LogP contribution in [0.25, 0.3) is 0 Å². The molecule has 1 saturated heterocycles. The minimum absolute atomic E-state index is 0.0735. The van der Waals surface area contributed by atoms with Gasteiger partial charge in [-0.25, -0.2) is 4.79 Å². The molecule has 1 aromatic carbocycles. The van der Waals surface area contributed by atoms with Crippen LogP contribution in [0.4, 0.5) is 11.4 Å². The molecule has 2 aliphatic rings. The molecule has 21 heavy (non-hydrogen) atoms. The van der Waals surface area contributed by atoms with Crippen LogP contribution in [0.1, 0.15) is 48.9 Å². The van der Waals surface area contributed by atoms with E-state index < -0.39 is 5.97 Å². The van der Waals surface area contributed by atoms with Gasteiger partial charge in [0, 0.05) is 30.4 Å². The van der Waals surface area contributed by atoms with Crippen LogP contribution in [0.2, 0.25) is 0 Å². The summed E-state index contributed by atoms with van der Waals surface area (Å²) in [5, 5.41) is 12.7. The number of carbonyl (C=O) groups excluding carboxylic acids is 1. The number of rotatable bonds is 4. The van der Waals surface area contributed by atoms with Crippen molar-refractivity contribution in [3.05, 3.63) is 23.8 Å². The molecule has 5 nitrogen and oxygen atoms in total. The maximum absolute atomic E-state index is 11.9. The maximum atomic E-state index is 11.9. The molecule has 0 radical (unpaired) electrons. The smallest absolute Gasteiger partial charge is 0.335 e. The Morgan fingerprint density at radius 1 is 1.19 bits per heavy atom. The largest absolute Gasteiger partial charge is 0.478 e. The minimum atomic E-state index is -0.960. The van der Waals surface area contributed by atoms with Gasteiger partial charge in [-0.3, -0.25) is 4.79 Å². The Hall–Kier alpha value is -2.04. The summed E-state index contributed by atoms with van der Waals surface area (Å²) in [5.41, 5.74) is 1.72. The lowest BCUT2D eigenvalue weighted by atomic mass is 10.1. The molecule has 112 valence electrons. The van der Waals surface area contributed by atoms with Crippen molar-refractivity contribution in [3.63, 3.8) is 0 Å². The number of aromatic carboxylic acids is 1. The van der Waals surface area contributed by atoms with Gasteiger partial charge in [0.1, 0.15) is 0 Å². The fraction of sp³-hybridized carbons (Fsp3) is 0.500. The number of amides is 1. The van der Waals surface area contributed by atoms with Crippen molar-refractivity contribution >= 4 is 23.3 Å². The Bertz CT molecular complexity index is 565.